The van der Waals surface area contributed by atoms with Gasteiger partial charge in [0, 0.05) is 23.2 Å². The van der Waals surface area contributed by atoms with E-state index >= 15 is 0 Å². The number of nitrogens with one attached hydrogen (secondary N) is 1. The Kier molecular flexibility index (Phi) is 3.31. The van der Waals surface area contributed by atoms with Gasteiger partial charge in [-0.2, -0.15) is 0 Å². The molecule has 104 valence electrons. The highest BCUT2D eigenvalue weighted by Gasteiger charge is 2.11. The zero-order valence-electron chi connectivity index (χ0n) is 10.8. The Morgan fingerprint density at radius 1 is 1.00 bits per heavy atom. The normalized spacial score (nSPS) is 10.6. The standard InChI is InChI=1S/C16H10F2N2O/c17-11-7-10(8-12(18)9-11)16(21)20-15-5-1-4-14-13(15)3-2-6-19-14/h1-9H,(H,20,21). The first-order valence-corrected chi connectivity index (χ1v) is 6.25. The SMILES string of the molecule is O=C(Nc1cccc2ncccc12)c1cc(F)cc(F)c1. The molecule has 3 rings (SSSR count). The van der Waals surface area contributed by atoms with Crippen molar-refractivity contribution < 1.29 is 13.6 Å². The van der Waals surface area contributed by atoms with Gasteiger partial charge in [-0.25, -0.2) is 8.78 Å². The maximum Gasteiger partial charge on any atom is 0.255 e. The van der Waals surface area contributed by atoms with Gasteiger partial charge in [-0.05, 0) is 36.4 Å². The van der Waals surface area contributed by atoms with Gasteiger partial charge in [0.2, 0.25) is 0 Å². The lowest BCUT2D eigenvalue weighted by Crippen LogP contribution is -2.12. The summed E-state index contributed by atoms with van der Waals surface area (Å²) in [6.07, 6.45) is 1.65. The fourth-order valence-electron chi connectivity index (χ4n) is 2.09. The number of carbonyl (C=O) groups is 1. The summed E-state index contributed by atoms with van der Waals surface area (Å²) in [7, 11) is 0. The van der Waals surface area contributed by atoms with Crippen LogP contribution in [0.5, 0.6) is 0 Å². The largest absolute Gasteiger partial charge is 0.321 e. The van der Waals surface area contributed by atoms with Crippen molar-refractivity contribution in [3.8, 4) is 0 Å². The van der Waals surface area contributed by atoms with Crippen molar-refractivity contribution in [2.45, 2.75) is 0 Å². The molecule has 0 fully saturated rings. The Hall–Kier alpha value is -2.82. The van der Waals surface area contributed by atoms with E-state index in [-0.39, 0.29) is 5.56 Å². The third-order valence-electron chi connectivity index (χ3n) is 3.02. The van der Waals surface area contributed by atoms with Crippen molar-refractivity contribution in [3.63, 3.8) is 0 Å². The molecule has 3 aromatic rings. The molecule has 1 amide bonds. The molecule has 0 spiro atoms. The van der Waals surface area contributed by atoms with Crippen LogP contribution in [0, 0.1) is 11.6 Å². The first-order valence-electron chi connectivity index (χ1n) is 6.25. The predicted molar refractivity (Wildman–Crippen MR) is 76.1 cm³/mol. The third kappa shape index (κ3) is 2.72. The lowest BCUT2D eigenvalue weighted by Gasteiger charge is -2.08. The molecule has 0 bridgehead atoms. The number of benzene rings is 2. The quantitative estimate of drug-likeness (QED) is 0.778. The summed E-state index contributed by atoms with van der Waals surface area (Å²) in [4.78, 5) is 16.3. The van der Waals surface area contributed by atoms with E-state index in [2.05, 4.69) is 10.3 Å². The van der Waals surface area contributed by atoms with Crippen LogP contribution in [0.15, 0.2) is 54.7 Å². The van der Waals surface area contributed by atoms with Crippen LogP contribution >= 0.6 is 0 Å². The number of aromatic nitrogens is 1. The first kappa shape index (κ1) is 13.2. The van der Waals surface area contributed by atoms with Crippen LogP contribution in [0.4, 0.5) is 14.5 Å². The summed E-state index contributed by atoms with van der Waals surface area (Å²) in [6.45, 7) is 0. The topological polar surface area (TPSA) is 42.0 Å². The summed E-state index contributed by atoms with van der Waals surface area (Å²) >= 11 is 0. The smallest absolute Gasteiger partial charge is 0.255 e. The monoisotopic (exact) mass is 284 g/mol. The molecule has 0 unspecified atom stereocenters. The van der Waals surface area contributed by atoms with Gasteiger partial charge >= 0.3 is 0 Å². The van der Waals surface area contributed by atoms with E-state index in [0.29, 0.717) is 5.69 Å². The highest BCUT2D eigenvalue weighted by Crippen LogP contribution is 2.22. The van der Waals surface area contributed by atoms with Crippen molar-refractivity contribution in [2.24, 2.45) is 0 Å². The molecule has 0 aliphatic rings. The highest BCUT2D eigenvalue weighted by atomic mass is 19.1. The van der Waals surface area contributed by atoms with Crippen molar-refractivity contribution in [2.75, 3.05) is 5.32 Å². The molecule has 0 aliphatic heterocycles. The number of rotatable bonds is 2. The molecule has 5 heteroatoms. The van der Waals surface area contributed by atoms with Crippen LogP contribution in [-0.2, 0) is 0 Å². The summed E-state index contributed by atoms with van der Waals surface area (Å²) in [5, 5.41) is 3.40. The Labute approximate surface area is 119 Å². The first-order chi connectivity index (χ1) is 10.1. The number of halogens is 2. The number of anilines is 1. The van der Waals surface area contributed by atoms with Gasteiger partial charge in [-0.3, -0.25) is 9.78 Å². The number of hydrogen-bond acceptors (Lipinski definition) is 2. The van der Waals surface area contributed by atoms with E-state index < -0.39 is 17.5 Å². The van der Waals surface area contributed by atoms with Crippen LogP contribution in [-0.4, -0.2) is 10.9 Å². The molecule has 2 aromatic carbocycles. The second-order valence-electron chi connectivity index (χ2n) is 4.49. The molecule has 0 aliphatic carbocycles. The van der Waals surface area contributed by atoms with Gasteiger partial charge in [0.15, 0.2) is 0 Å². The van der Waals surface area contributed by atoms with Crippen LogP contribution in [0.3, 0.4) is 0 Å². The van der Waals surface area contributed by atoms with Gasteiger partial charge in [0.1, 0.15) is 11.6 Å². The average Bonchev–Trinajstić information content (AvgIpc) is 2.46. The minimum atomic E-state index is -0.792. The lowest BCUT2D eigenvalue weighted by atomic mass is 10.1. The number of hydrogen-bond donors (Lipinski definition) is 1. The number of pyridine rings is 1. The highest BCUT2D eigenvalue weighted by molar-refractivity contribution is 6.08. The summed E-state index contributed by atoms with van der Waals surface area (Å²) in [5.74, 6) is -2.16. The second-order valence-corrected chi connectivity index (χ2v) is 4.49. The minimum Gasteiger partial charge on any atom is -0.321 e. The molecule has 1 heterocycles. The fourth-order valence-corrected chi connectivity index (χ4v) is 2.09. The fraction of sp³-hybridized carbons (Fsp3) is 0. The zero-order chi connectivity index (χ0) is 14.8. The number of carbonyl (C=O) groups excluding carboxylic acids is 1. The maximum absolute atomic E-state index is 13.2. The van der Waals surface area contributed by atoms with E-state index in [9.17, 15) is 13.6 Å². The van der Waals surface area contributed by atoms with E-state index in [0.717, 1.165) is 29.1 Å². The van der Waals surface area contributed by atoms with Crippen LogP contribution in [0.1, 0.15) is 10.4 Å². The van der Waals surface area contributed by atoms with E-state index in [1.54, 1.807) is 24.4 Å². The molecule has 1 aromatic heterocycles. The zero-order valence-corrected chi connectivity index (χ0v) is 10.8. The summed E-state index contributed by atoms with van der Waals surface area (Å²) < 4.78 is 26.3. The number of nitrogens with zero attached hydrogens (tertiary/aromatic N) is 1. The van der Waals surface area contributed by atoms with Crippen LogP contribution in [0.25, 0.3) is 10.9 Å². The van der Waals surface area contributed by atoms with Gasteiger partial charge in [-0.15, -0.1) is 0 Å². The van der Waals surface area contributed by atoms with Crippen molar-refractivity contribution >= 4 is 22.5 Å². The van der Waals surface area contributed by atoms with Crippen LogP contribution in [0.2, 0.25) is 0 Å². The van der Waals surface area contributed by atoms with Gasteiger partial charge < -0.3 is 5.32 Å². The lowest BCUT2D eigenvalue weighted by molar-refractivity contribution is 0.102. The molecule has 0 radical (unpaired) electrons. The average molecular weight is 284 g/mol. The number of amides is 1. The van der Waals surface area contributed by atoms with E-state index in [4.69, 9.17) is 0 Å². The predicted octanol–water partition coefficient (Wildman–Crippen LogP) is 3.77. The number of fused-ring (bicyclic) bond motifs is 1. The van der Waals surface area contributed by atoms with Crippen molar-refractivity contribution in [1.82, 2.24) is 4.98 Å². The molecule has 0 saturated carbocycles. The molecular formula is C16H10F2N2O. The van der Waals surface area contributed by atoms with Gasteiger partial charge in [0.25, 0.3) is 5.91 Å². The van der Waals surface area contributed by atoms with E-state index in [1.807, 2.05) is 12.1 Å². The Morgan fingerprint density at radius 2 is 1.76 bits per heavy atom. The Bertz CT molecular complexity index is 808. The molecule has 1 N–H and O–H groups in total. The Morgan fingerprint density at radius 3 is 2.52 bits per heavy atom. The maximum atomic E-state index is 13.2. The third-order valence-corrected chi connectivity index (χ3v) is 3.02. The molecule has 3 nitrogen and oxygen atoms in total. The van der Waals surface area contributed by atoms with Gasteiger partial charge in [0.05, 0.1) is 11.2 Å². The van der Waals surface area contributed by atoms with Gasteiger partial charge in [-0.1, -0.05) is 6.07 Å². The Balaban J connectivity index is 1.96. The molecule has 0 saturated heterocycles. The van der Waals surface area contributed by atoms with Crippen molar-refractivity contribution in [3.05, 3.63) is 71.9 Å². The molecule has 21 heavy (non-hydrogen) atoms. The molecular weight excluding hydrogens is 274 g/mol. The second kappa shape index (κ2) is 5.28. The summed E-state index contributed by atoms with van der Waals surface area (Å²) in [5.41, 5.74) is 1.18. The minimum absolute atomic E-state index is 0.0756. The van der Waals surface area contributed by atoms with E-state index in [1.165, 1.54) is 0 Å². The van der Waals surface area contributed by atoms with Crippen molar-refractivity contribution in [1.29, 1.82) is 0 Å². The van der Waals surface area contributed by atoms with Crippen LogP contribution < -0.4 is 5.32 Å². The molecule has 0 atom stereocenters. The summed E-state index contributed by atoms with van der Waals surface area (Å²) in [6, 6.07) is 11.5.